The van der Waals surface area contributed by atoms with Crippen molar-refractivity contribution in [2.24, 2.45) is 46.3 Å². The van der Waals surface area contributed by atoms with Crippen LogP contribution in [0.15, 0.2) is 11.6 Å². The van der Waals surface area contributed by atoms with Gasteiger partial charge < -0.3 is 89.3 Å². The SMILES string of the molecule is C[C@H](CC[C@@]1(O)O[C@H]2C[C@H]3[C@@H]4CC=C5C[C@@H](O)C[C@@H](O[C@@H]6O[C@H](CO)[C@@H](O)[C@H](O)[C@H]6O)[C@]5(C)[C@H]4CC[C@]3(C)[C@H]2[C@@H]1C)CO[C@@H]1OC[C@H](O)[C@H](O)[C@H]1O[C@@H]1O[C@@H](C)[C@H](O)[C@@H](O)[C@H]1O. The van der Waals surface area contributed by atoms with Crippen LogP contribution in [0.4, 0.5) is 0 Å². The number of aliphatic hydroxyl groups excluding tert-OH is 10. The van der Waals surface area contributed by atoms with Gasteiger partial charge in [0, 0.05) is 24.2 Å². The zero-order valence-electron chi connectivity index (χ0n) is 36.4. The standard InChI is InChI=1S/C44H72O18/c1-18(16-56-41-38(32(49)26(47)17-57-41)61-39-36(53)34(51)31(48)20(3)58-39)8-11-44(55)19(2)30-27(62-44)14-25-23-7-6-21-12-22(46)13-29(43(21,5)24(23)9-10-42(25,30)4)60-40-37(54)35(52)33(50)28(15-45)59-40/h6,18-20,22-41,45-55H,7-17H2,1-5H3/t18-,19+,20+,22-,23-,24+,25+,26+,27+,28-,29-,30+,31+,32+,33-,34-,35+,36-,37-,38-,39+,40+,41-,42+,43+,44-/m1/s1. The minimum absolute atomic E-state index is 0.105. The predicted molar refractivity (Wildman–Crippen MR) is 213 cm³/mol. The Morgan fingerprint density at radius 3 is 2.23 bits per heavy atom. The van der Waals surface area contributed by atoms with Crippen LogP contribution < -0.4 is 0 Å². The van der Waals surface area contributed by atoms with Gasteiger partial charge >= 0.3 is 0 Å². The molecule has 3 saturated carbocycles. The normalized spacial score (nSPS) is 55.7. The van der Waals surface area contributed by atoms with E-state index < -0.39 is 116 Å². The number of allylic oxidation sites excluding steroid dienone is 1. The summed E-state index contributed by atoms with van der Waals surface area (Å²) in [6.45, 7) is 9.45. The molecule has 62 heavy (non-hydrogen) atoms. The van der Waals surface area contributed by atoms with E-state index in [1.54, 1.807) is 0 Å². The maximum absolute atomic E-state index is 12.2. The second-order valence-electron chi connectivity index (χ2n) is 20.7. The zero-order chi connectivity index (χ0) is 44.8. The van der Waals surface area contributed by atoms with Crippen LogP contribution in [0.3, 0.4) is 0 Å². The van der Waals surface area contributed by atoms with E-state index in [4.69, 9.17) is 33.2 Å². The Balaban J connectivity index is 0.895. The second kappa shape index (κ2) is 17.9. The molecule has 4 aliphatic heterocycles. The lowest BCUT2D eigenvalue weighted by Crippen LogP contribution is -2.62. The van der Waals surface area contributed by atoms with E-state index in [9.17, 15) is 56.2 Å². The molecule has 0 aromatic heterocycles. The first-order valence-electron chi connectivity index (χ1n) is 22.9. The van der Waals surface area contributed by atoms with Crippen LogP contribution in [-0.2, 0) is 33.2 Å². The van der Waals surface area contributed by atoms with Crippen molar-refractivity contribution >= 4 is 0 Å². The smallest absolute Gasteiger partial charge is 0.187 e. The highest BCUT2D eigenvalue weighted by molar-refractivity contribution is 5.28. The van der Waals surface area contributed by atoms with Gasteiger partial charge in [-0.2, -0.15) is 0 Å². The Morgan fingerprint density at radius 2 is 1.52 bits per heavy atom. The van der Waals surface area contributed by atoms with E-state index in [1.165, 1.54) is 6.92 Å². The molecule has 18 nitrogen and oxygen atoms in total. The van der Waals surface area contributed by atoms with Gasteiger partial charge in [-0.25, -0.2) is 0 Å². The van der Waals surface area contributed by atoms with Crippen molar-refractivity contribution in [1.29, 1.82) is 0 Å². The lowest BCUT2D eigenvalue weighted by atomic mass is 9.46. The Hall–Kier alpha value is -0.980. The quantitative estimate of drug-likeness (QED) is 0.108. The van der Waals surface area contributed by atoms with Crippen molar-refractivity contribution in [3.63, 3.8) is 0 Å². The molecule has 26 atom stereocenters. The van der Waals surface area contributed by atoms with E-state index in [0.29, 0.717) is 31.6 Å². The van der Waals surface area contributed by atoms with Crippen LogP contribution in [0.2, 0.25) is 0 Å². The number of fused-ring (bicyclic) bond motifs is 7. The van der Waals surface area contributed by atoms with Crippen molar-refractivity contribution in [3.05, 3.63) is 11.6 Å². The van der Waals surface area contributed by atoms with Crippen molar-refractivity contribution in [1.82, 2.24) is 0 Å². The Labute approximate surface area is 362 Å². The average molecular weight is 889 g/mol. The number of hydrogen-bond acceptors (Lipinski definition) is 18. The first kappa shape index (κ1) is 47.5. The summed E-state index contributed by atoms with van der Waals surface area (Å²) in [7, 11) is 0. The van der Waals surface area contributed by atoms with E-state index in [1.807, 2.05) is 6.92 Å². The van der Waals surface area contributed by atoms with Crippen LogP contribution in [-0.4, -0.2) is 186 Å². The second-order valence-corrected chi connectivity index (χ2v) is 20.7. The summed E-state index contributed by atoms with van der Waals surface area (Å²) < 4.78 is 42.2. The molecule has 11 N–H and O–H groups in total. The summed E-state index contributed by atoms with van der Waals surface area (Å²) in [5.74, 6) is -0.783. The van der Waals surface area contributed by atoms with Crippen molar-refractivity contribution < 1.29 is 89.3 Å². The lowest BCUT2D eigenvalue weighted by molar-refractivity contribution is -0.354. The highest BCUT2D eigenvalue weighted by Crippen LogP contribution is 2.70. The van der Waals surface area contributed by atoms with Gasteiger partial charge in [0.25, 0.3) is 0 Å². The monoisotopic (exact) mass is 888 g/mol. The molecule has 18 heteroatoms. The number of rotatable bonds is 11. The fraction of sp³-hybridized carbons (Fsp3) is 0.955. The molecule has 0 radical (unpaired) electrons. The average Bonchev–Trinajstić information content (AvgIpc) is 3.67. The highest BCUT2D eigenvalue weighted by atomic mass is 16.8. The third-order valence-corrected chi connectivity index (χ3v) is 17.1. The molecule has 7 fully saturated rings. The molecule has 4 saturated heterocycles. The fourth-order valence-electron chi connectivity index (χ4n) is 13.3. The highest BCUT2D eigenvalue weighted by Gasteiger charge is 2.69. The third-order valence-electron chi connectivity index (χ3n) is 17.1. The van der Waals surface area contributed by atoms with E-state index >= 15 is 0 Å². The summed E-state index contributed by atoms with van der Waals surface area (Å²) in [4.78, 5) is 0. The summed E-state index contributed by atoms with van der Waals surface area (Å²) >= 11 is 0. The van der Waals surface area contributed by atoms with Crippen molar-refractivity contribution in [2.75, 3.05) is 19.8 Å². The minimum atomic E-state index is -1.63. The molecule has 8 aliphatic rings. The molecule has 356 valence electrons. The van der Waals surface area contributed by atoms with E-state index in [0.717, 1.165) is 31.3 Å². The molecular formula is C44H72O18. The van der Waals surface area contributed by atoms with E-state index in [-0.39, 0.29) is 54.3 Å². The molecule has 0 amide bonds. The van der Waals surface area contributed by atoms with Gasteiger partial charge in [0.2, 0.25) is 0 Å². The van der Waals surface area contributed by atoms with Gasteiger partial charge in [0.1, 0.15) is 61.0 Å². The van der Waals surface area contributed by atoms with Gasteiger partial charge in [0.15, 0.2) is 24.7 Å². The van der Waals surface area contributed by atoms with Gasteiger partial charge in [-0.3, -0.25) is 0 Å². The Morgan fingerprint density at radius 1 is 0.823 bits per heavy atom. The Kier molecular flexibility index (Phi) is 13.7. The van der Waals surface area contributed by atoms with Crippen LogP contribution in [0.1, 0.15) is 86.0 Å². The molecule has 4 heterocycles. The largest absolute Gasteiger partial charge is 0.394 e. The van der Waals surface area contributed by atoms with E-state index in [2.05, 4.69) is 26.8 Å². The molecular weight excluding hydrogens is 816 g/mol. The van der Waals surface area contributed by atoms with Crippen LogP contribution in [0, 0.1) is 46.3 Å². The van der Waals surface area contributed by atoms with Gasteiger partial charge in [-0.1, -0.05) is 39.3 Å². The van der Waals surface area contributed by atoms with Gasteiger partial charge in [-0.05, 0) is 80.5 Å². The maximum Gasteiger partial charge on any atom is 0.187 e. The lowest BCUT2D eigenvalue weighted by Gasteiger charge is -2.60. The number of ether oxygens (including phenoxy) is 7. The molecule has 0 aromatic rings. The van der Waals surface area contributed by atoms with Crippen molar-refractivity contribution in [3.8, 4) is 0 Å². The topological polar surface area (TPSA) is 287 Å². The third kappa shape index (κ3) is 8.06. The predicted octanol–water partition coefficient (Wildman–Crippen LogP) is -1.22. The molecule has 0 aromatic carbocycles. The first-order valence-corrected chi connectivity index (χ1v) is 22.9. The number of aliphatic hydroxyl groups is 11. The molecule has 0 unspecified atom stereocenters. The molecule has 8 rings (SSSR count). The van der Waals surface area contributed by atoms with Crippen LogP contribution in [0.5, 0.6) is 0 Å². The maximum atomic E-state index is 12.2. The molecule has 0 bridgehead atoms. The number of hydrogen-bond donors (Lipinski definition) is 11. The van der Waals surface area contributed by atoms with Crippen LogP contribution in [0.25, 0.3) is 0 Å². The molecule has 4 aliphatic carbocycles. The van der Waals surface area contributed by atoms with Crippen molar-refractivity contribution in [2.45, 2.75) is 196 Å². The summed E-state index contributed by atoms with van der Waals surface area (Å²) in [6, 6.07) is 0. The zero-order valence-corrected chi connectivity index (χ0v) is 36.4. The molecule has 0 spiro atoms. The fourth-order valence-corrected chi connectivity index (χ4v) is 13.3. The first-order chi connectivity index (χ1) is 29.2. The van der Waals surface area contributed by atoms with Gasteiger partial charge in [0.05, 0.1) is 44.2 Å². The summed E-state index contributed by atoms with van der Waals surface area (Å²) in [5.41, 5.74) is 0.493. The summed E-state index contributed by atoms with van der Waals surface area (Å²) in [5, 5.41) is 117. The Bertz CT molecular complexity index is 1590. The summed E-state index contributed by atoms with van der Waals surface area (Å²) in [6.07, 6.45) is -13.0. The van der Waals surface area contributed by atoms with Crippen LogP contribution >= 0.6 is 0 Å². The van der Waals surface area contributed by atoms with Gasteiger partial charge in [-0.15, -0.1) is 0 Å². The minimum Gasteiger partial charge on any atom is -0.394 e.